The first-order valence-corrected chi connectivity index (χ1v) is 4.76. The van der Waals surface area contributed by atoms with Crippen molar-refractivity contribution in [3.63, 3.8) is 0 Å². The summed E-state index contributed by atoms with van der Waals surface area (Å²) in [6.45, 7) is 3.47. The largest absolute Gasteiger partial charge is 0.340 e. The van der Waals surface area contributed by atoms with E-state index in [1.165, 1.54) is 30.5 Å². The Hall–Kier alpha value is -0.820. The first-order chi connectivity index (χ1) is 5.86. The Kier molecular flexibility index (Phi) is 2.13. The summed E-state index contributed by atoms with van der Waals surface area (Å²) in [6.07, 6.45) is 2.72. The van der Waals surface area contributed by atoms with Gasteiger partial charge in [0.25, 0.3) is 0 Å². The predicted molar refractivity (Wildman–Crippen MR) is 49.9 cm³/mol. The van der Waals surface area contributed by atoms with Gasteiger partial charge in [0.2, 0.25) is 0 Å². The van der Waals surface area contributed by atoms with Crippen molar-refractivity contribution in [1.82, 2.24) is 0 Å². The lowest BCUT2D eigenvalue weighted by molar-refractivity contribution is -0.676. The third-order valence-electron chi connectivity index (χ3n) is 2.64. The Morgan fingerprint density at radius 1 is 1.42 bits per heavy atom. The molecule has 2 N–H and O–H groups in total. The molecule has 1 aromatic carbocycles. The fourth-order valence-corrected chi connectivity index (χ4v) is 1.98. The molecule has 0 bridgehead atoms. The fraction of sp³-hybridized carbons (Fsp3) is 0.455. The van der Waals surface area contributed by atoms with Crippen LogP contribution < -0.4 is 5.32 Å². The first-order valence-electron chi connectivity index (χ1n) is 4.76. The van der Waals surface area contributed by atoms with Crippen molar-refractivity contribution in [2.45, 2.75) is 25.8 Å². The van der Waals surface area contributed by atoms with E-state index in [1.54, 1.807) is 0 Å². The second kappa shape index (κ2) is 3.28. The molecule has 0 radical (unpaired) electrons. The predicted octanol–water partition coefficient (Wildman–Crippen LogP) is 1.39. The molecular weight excluding hydrogens is 146 g/mol. The molecule has 1 aliphatic heterocycles. The SMILES string of the molecule is Cc1cccc([C@H]2CCC[NH2+]2)c1. The van der Waals surface area contributed by atoms with Gasteiger partial charge in [-0.05, 0) is 6.92 Å². The van der Waals surface area contributed by atoms with Crippen molar-refractivity contribution in [2.75, 3.05) is 6.54 Å². The van der Waals surface area contributed by atoms with Gasteiger partial charge in [-0.3, -0.25) is 0 Å². The van der Waals surface area contributed by atoms with Gasteiger partial charge in [-0.15, -0.1) is 0 Å². The van der Waals surface area contributed by atoms with E-state index in [0.717, 1.165) is 6.04 Å². The molecule has 1 fully saturated rings. The Bertz CT molecular complexity index is 261. The van der Waals surface area contributed by atoms with Gasteiger partial charge in [-0.1, -0.05) is 29.8 Å². The molecule has 1 heterocycles. The van der Waals surface area contributed by atoms with E-state index in [9.17, 15) is 0 Å². The molecule has 0 spiro atoms. The van der Waals surface area contributed by atoms with E-state index in [4.69, 9.17) is 0 Å². The number of benzene rings is 1. The lowest BCUT2D eigenvalue weighted by Gasteiger charge is -2.07. The second-order valence-corrected chi connectivity index (χ2v) is 3.69. The minimum atomic E-state index is 0.741. The summed E-state index contributed by atoms with van der Waals surface area (Å²) in [5.41, 5.74) is 2.89. The fourth-order valence-electron chi connectivity index (χ4n) is 1.98. The number of hydrogen-bond donors (Lipinski definition) is 1. The molecule has 0 amide bonds. The van der Waals surface area contributed by atoms with Crippen molar-refractivity contribution in [2.24, 2.45) is 0 Å². The molecule has 1 atom stereocenters. The summed E-state index contributed by atoms with van der Waals surface area (Å²) >= 11 is 0. The normalized spacial score (nSPS) is 22.9. The van der Waals surface area contributed by atoms with Crippen LogP contribution in [0.2, 0.25) is 0 Å². The molecule has 0 unspecified atom stereocenters. The average molecular weight is 162 g/mol. The van der Waals surface area contributed by atoms with Crippen molar-refractivity contribution < 1.29 is 5.32 Å². The van der Waals surface area contributed by atoms with Gasteiger partial charge in [0.05, 0.1) is 6.54 Å². The first kappa shape index (κ1) is 7.81. The summed E-state index contributed by atoms with van der Waals surface area (Å²) in [5.74, 6) is 0. The molecule has 2 rings (SSSR count). The molecule has 1 saturated heterocycles. The summed E-state index contributed by atoms with van der Waals surface area (Å²) in [7, 11) is 0. The van der Waals surface area contributed by atoms with Gasteiger partial charge in [0.1, 0.15) is 6.04 Å². The van der Waals surface area contributed by atoms with E-state index in [-0.39, 0.29) is 0 Å². The Labute approximate surface area is 73.8 Å². The monoisotopic (exact) mass is 162 g/mol. The number of nitrogens with two attached hydrogens (primary N) is 1. The van der Waals surface area contributed by atoms with Crippen LogP contribution in [0.1, 0.15) is 30.0 Å². The summed E-state index contributed by atoms with van der Waals surface area (Å²) in [5, 5.41) is 2.45. The highest BCUT2D eigenvalue weighted by Crippen LogP contribution is 2.17. The molecule has 1 aliphatic rings. The average Bonchev–Trinajstić information content (AvgIpc) is 2.56. The smallest absolute Gasteiger partial charge is 0.112 e. The van der Waals surface area contributed by atoms with Crippen molar-refractivity contribution in [1.29, 1.82) is 0 Å². The number of rotatable bonds is 1. The van der Waals surface area contributed by atoms with E-state index in [0.29, 0.717) is 0 Å². The zero-order chi connectivity index (χ0) is 8.39. The van der Waals surface area contributed by atoms with E-state index < -0.39 is 0 Å². The maximum Gasteiger partial charge on any atom is 0.112 e. The Balaban J connectivity index is 2.21. The Morgan fingerprint density at radius 3 is 3.00 bits per heavy atom. The minimum Gasteiger partial charge on any atom is -0.340 e. The third kappa shape index (κ3) is 1.51. The van der Waals surface area contributed by atoms with Gasteiger partial charge >= 0.3 is 0 Å². The topological polar surface area (TPSA) is 16.6 Å². The summed E-state index contributed by atoms with van der Waals surface area (Å²) < 4.78 is 0. The molecular formula is C11H16N+. The molecule has 1 nitrogen and oxygen atoms in total. The highest BCUT2D eigenvalue weighted by atomic mass is 14.9. The van der Waals surface area contributed by atoms with Crippen LogP contribution in [0, 0.1) is 6.92 Å². The van der Waals surface area contributed by atoms with Crippen LogP contribution >= 0.6 is 0 Å². The van der Waals surface area contributed by atoms with Gasteiger partial charge in [0.15, 0.2) is 0 Å². The third-order valence-corrected chi connectivity index (χ3v) is 2.64. The van der Waals surface area contributed by atoms with Crippen LogP contribution in [0.5, 0.6) is 0 Å². The van der Waals surface area contributed by atoms with Crippen LogP contribution in [-0.4, -0.2) is 6.54 Å². The van der Waals surface area contributed by atoms with Crippen molar-refractivity contribution >= 4 is 0 Å². The van der Waals surface area contributed by atoms with Gasteiger partial charge in [0, 0.05) is 18.4 Å². The van der Waals surface area contributed by atoms with Gasteiger partial charge in [-0.2, -0.15) is 0 Å². The van der Waals surface area contributed by atoms with Gasteiger partial charge < -0.3 is 5.32 Å². The molecule has 0 aromatic heterocycles. The Morgan fingerprint density at radius 2 is 2.33 bits per heavy atom. The van der Waals surface area contributed by atoms with E-state index >= 15 is 0 Å². The molecule has 0 aliphatic carbocycles. The van der Waals surface area contributed by atoms with Gasteiger partial charge in [-0.25, -0.2) is 0 Å². The number of aryl methyl sites for hydroxylation is 1. The standard InChI is InChI=1S/C11H15N/c1-9-4-2-5-10(8-9)11-6-3-7-12-11/h2,4-5,8,11-12H,3,6-7H2,1H3/p+1/t11-/m1/s1. The van der Waals surface area contributed by atoms with Crippen LogP contribution in [0.3, 0.4) is 0 Å². The lowest BCUT2D eigenvalue weighted by Crippen LogP contribution is -2.81. The lowest BCUT2D eigenvalue weighted by atomic mass is 10.0. The molecule has 12 heavy (non-hydrogen) atoms. The maximum absolute atomic E-state index is 2.45. The molecule has 0 saturated carbocycles. The van der Waals surface area contributed by atoms with Crippen LogP contribution in [-0.2, 0) is 0 Å². The number of hydrogen-bond acceptors (Lipinski definition) is 0. The number of quaternary nitrogens is 1. The quantitative estimate of drug-likeness (QED) is 0.642. The summed E-state index contributed by atoms with van der Waals surface area (Å²) in [4.78, 5) is 0. The minimum absolute atomic E-state index is 0.741. The molecule has 1 heteroatoms. The van der Waals surface area contributed by atoms with E-state index in [1.807, 2.05) is 0 Å². The van der Waals surface area contributed by atoms with E-state index in [2.05, 4.69) is 36.5 Å². The molecule has 1 aromatic rings. The van der Waals surface area contributed by atoms with Crippen LogP contribution in [0.4, 0.5) is 0 Å². The second-order valence-electron chi connectivity index (χ2n) is 3.69. The molecule has 64 valence electrons. The van der Waals surface area contributed by atoms with Crippen LogP contribution in [0.25, 0.3) is 0 Å². The summed E-state index contributed by atoms with van der Waals surface area (Å²) in [6, 6.07) is 9.63. The highest BCUT2D eigenvalue weighted by molar-refractivity contribution is 5.23. The van der Waals surface area contributed by atoms with Crippen molar-refractivity contribution in [3.8, 4) is 0 Å². The zero-order valence-electron chi connectivity index (χ0n) is 7.59. The highest BCUT2D eigenvalue weighted by Gasteiger charge is 2.19. The zero-order valence-corrected chi connectivity index (χ0v) is 7.59. The maximum atomic E-state index is 2.45. The van der Waals surface area contributed by atoms with Crippen LogP contribution in [0.15, 0.2) is 24.3 Å². The van der Waals surface area contributed by atoms with Crippen molar-refractivity contribution in [3.05, 3.63) is 35.4 Å².